The summed E-state index contributed by atoms with van der Waals surface area (Å²) >= 11 is 0. The number of anilines is 2. The van der Waals surface area contributed by atoms with Crippen molar-refractivity contribution in [3.05, 3.63) is 24.3 Å². The molecule has 3 N–H and O–H groups in total. The van der Waals surface area contributed by atoms with Gasteiger partial charge in [0.1, 0.15) is 6.04 Å². The summed E-state index contributed by atoms with van der Waals surface area (Å²) in [6, 6.07) is 7.96. The van der Waals surface area contributed by atoms with Gasteiger partial charge in [-0.25, -0.2) is 0 Å². The van der Waals surface area contributed by atoms with E-state index in [1.807, 2.05) is 12.1 Å². The lowest BCUT2D eigenvalue weighted by molar-refractivity contribution is -0.133. The molecule has 0 spiro atoms. The van der Waals surface area contributed by atoms with Gasteiger partial charge in [0.2, 0.25) is 11.8 Å². The van der Waals surface area contributed by atoms with Crippen LogP contribution in [-0.2, 0) is 9.59 Å². The van der Waals surface area contributed by atoms with Crippen LogP contribution < -0.4 is 20.9 Å². The highest BCUT2D eigenvalue weighted by Gasteiger charge is 2.27. The van der Waals surface area contributed by atoms with E-state index in [0.717, 1.165) is 37.8 Å². The van der Waals surface area contributed by atoms with Crippen molar-refractivity contribution in [2.24, 2.45) is 5.92 Å². The van der Waals surface area contributed by atoms with Gasteiger partial charge in [0.05, 0.1) is 0 Å². The minimum atomic E-state index is -0.335. The van der Waals surface area contributed by atoms with Gasteiger partial charge >= 0.3 is 0 Å². The largest absolute Gasteiger partial charge is 0.374 e. The van der Waals surface area contributed by atoms with Crippen molar-refractivity contribution in [3.63, 3.8) is 0 Å². The zero-order valence-corrected chi connectivity index (χ0v) is 16.5. The molecule has 0 radical (unpaired) electrons. The van der Waals surface area contributed by atoms with E-state index >= 15 is 0 Å². The number of nitrogens with zero attached hydrogens (tertiary/aromatic N) is 2. The zero-order valence-electron chi connectivity index (χ0n) is 16.5. The van der Waals surface area contributed by atoms with Crippen molar-refractivity contribution in [2.75, 3.05) is 56.0 Å². The van der Waals surface area contributed by atoms with Crippen LogP contribution in [0.5, 0.6) is 0 Å². The van der Waals surface area contributed by atoms with E-state index in [1.54, 1.807) is 0 Å². The van der Waals surface area contributed by atoms with Crippen LogP contribution in [0.4, 0.5) is 11.4 Å². The Morgan fingerprint density at radius 2 is 1.82 bits per heavy atom. The molecule has 7 nitrogen and oxygen atoms in total. The first kappa shape index (κ1) is 19.2. The molecule has 1 atom stereocenters. The van der Waals surface area contributed by atoms with E-state index in [9.17, 15) is 9.59 Å². The predicted octanol–water partition coefficient (Wildman–Crippen LogP) is 1.03. The smallest absolute Gasteiger partial charge is 0.249 e. The van der Waals surface area contributed by atoms with Crippen molar-refractivity contribution in [2.45, 2.75) is 31.7 Å². The molecule has 152 valence electrons. The summed E-state index contributed by atoms with van der Waals surface area (Å²) in [4.78, 5) is 28.3. The molecule has 0 bridgehead atoms. The highest BCUT2D eigenvalue weighted by Crippen LogP contribution is 2.27. The Balaban J connectivity index is 1.30. The molecule has 3 saturated heterocycles. The third-order valence-corrected chi connectivity index (χ3v) is 6.13. The van der Waals surface area contributed by atoms with Crippen LogP contribution in [0, 0.1) is 5.92 Å². The quantitative estimate of drug-likeness (QED) is 0.657. The first-order valence-corrected chi connectivity index (χ1v) is 10.6. The molecule has 7 heteroatoms. The molecular weight excluding hydrogens is 354 g/mol. The number of nitrogens with one attached hydrogen (secondary N) is 3. The Hall–Kier alpha value is -2.12. The van der Waals surface area contributed by atoms with E-state index in [4.69, 9.17) is 0 Å². The van der Waals surface area contributed by atoms with E-state index in [1.165, 1.54) is 38.2 Å². The molecule has 3 heterocycles. The molecule has 3 fully saturated rings. The number of hydrogen-bond donors (Lipinski definition) is 3. The van der Waals surface area contributed by atoms with Gasteiger partial charge in [-0.2, -0.15) is 0 Å². The fourth-order valence-corrected chi connectivity index (χ4v) is 4.46. The first-order valence-electron chi connectivity index (χ1n) is 10.6. The maximum Gasteiger partial charge on any atom is 0.249 e. The molecule has 3 aliphatic heterocycles. The fourth-order valence-electron chi connectivity index (χ4n) is 4.46. The average molecular weight is 386 g/mol. The van der Waals surface area contributed by atoms with Gasteiger partial charge in [-0.05, 0) is 43.4 Å². The Kier molecular flexibility index (Phi) is 6.12. The van der Waals surface area contributed by atoms with Crippen LogP contribution in [0.25, 0.3) is 0 Å². The summed E-state index contributed by atoms with van der Waals surface area (Å²) in [6.45, 7) is 7.98. The van der Waals surface area contributed by atoms with E-state index < -0.39 is 0 Å². The summed E-state index contributed by atoms with van der Waals surface area (Å²) in [5.74, 6) is 0.384. The third kappa shape index (κ3) is 4.83. The second kappa shape index (κ2) is 8.92. The van der Waals surface area contributed by atoms with Crippen molar-refractivity contribution in [1.82, 2.24) is 15.5 Å². The van der Waals surface area contributed by atoms with Gasteiger partial charge in [0.15, 0.2) is 0 Å². The lowest BCUT2D eigenvalue weighted by Gasteiger charge is -2.37. The Labute approximate surface area is 166 Å². The molecule has 0 aliphatic carbocycles. The molecule has 1 aromatic rings. The van der Waals surface area contributed by atoms with Gasteiger partial charge in [0, 0.05) is 63.6 Å². The lowest BCUT2D eigenvalue weighted by atomic mass is 9.95. The van der Waals surface area contributed by atoms with E-state index in [0.29, 0.717) is 12.8 Å². The molecule has 1 aromatic carbocycles. The van der Waals surface area contributed by atoms with Crippen molar-refractivity contribution < 1.29 is 9.59 Å². The van der Waals surface area contributed by atoms with Crippen LogP contribution in [0.15, 0.2) is 24.3 Å². The summed E-state index contributed by atoms with van der Waals surface area (Å²) < 4.78 is 0. The van der Waals surface area contributed by atoms with Crippen LogP contribution in [0.1, 0.15) is 25.7 Å². The average Bonchev–Trinajstić information content (AvgIpc) is 2.72. The van der Waals surface area contributed by atoms with Crippen LogP contribution in [0.2, 0.25) is 0 Å². The highest BCUT2D eigenvalue weighted by atomic mass is 16.2. The maximum atomic E-state index is 12.0. The number of rotatable bonds is 5. The van der Waals surface area contributed by atoms with E-state index in [2.05, 4.69) is 37.9 Å². The maximum absolute atomic E-state index is 12.0. The van der Waals surface area contributed by atoms with Crippen molar-refractivity contribution in [3.8, 4) is 0 Å². The number of imide groups is 1. The number of carbonyl (C=O) groups excluding carboxylic acids is 2. The highest BCUT2D eigenvalue weighted by molar-refractivity contribution is 6.01. The van der Waals surface area contributed by atoms with E-state index in [-0.39, 0.29) is 17.9 Å². The number of benzene rings is 1. The topological polar surface area (TPSA) is 76.7 Å². The molecule has 28 heavy (non-hydrogen) atoms. The SMILES string of the molecule is O=C1CCC(Nc2cccc(N3CCC(CN4CCNCC4)CC3)c2)C(=O)N1. The Morgan fingerprint density at radius 3 is 2.57 bits per heavy atom. The molecule has 0 aromatic heterocycles. The van der Waals surface area contributed by atoms with Crippen molar-refractivity contribution >= 4 is 23.2 Å². The van der Waals surface area contributed by atoms with Gasteiger partial charge < -0.3 is 20.4 Å². The number of hydrogen-bond acceptors (Lipinski definition) is 6. The normalized spacial score (nSPS) is 24.9. The number of piperidine rings is 2. The number of amides is 2. The van der Waals surface area contributed by atoms with Crippen LogP contribution >= 0.6 is 0 Å². The summed E-state index contributed by atoms with van der Waals surface area (Å²) in [6.07, 6.45) is 3.40. The molecule has 1 unspecified atom stereocenters. The first-order chi connectivity index (χ1) is 13.7. The fraction of sp³-hybridized carbons (Fsp3) is 0.619. The molecule has 3 aliphatic rings. The second-order valence-electron chi connectivity index (χ2n) is 8.18. The predicted molar refractivity (Wildman–Crippen MR) is 110 cm³/mol. The van der Waals surface area contributed by atoms with Gasteiger partial charge in [-0.15, -0.1) is 0 Å². The second-order valence-corrected chi connectivity index (χ2v) is 8.18. The number of carbonyl (C=O) groups is 2. The van der Waals surface area contributed by atoms with Gasteiger partial charge in [-0.1, -0.05) is 6.07 Å². The molecule has 4 rings (SSSR count). The minimum Gasteiger partial charge on any atom is -0.374 e. The summed E-state index contributed by atoms with van der Waals surface area (Å²) in [7, 11) is 0. The van der Waals surface area contributed by atoms with Crippen LogP contribution in [0.3, 0.4) is 0 Å². The third-order valence-electron chi connectivity index (χ3n) is 6.13. The summed E-state index contributed by atoms with van der Waals surface area (Å²) in [5, 5.41) is 9.12. The Bertz CT molecular complexity index is 696. The number of piperazine rings is 1. The Morgan fingerprint density at radius 1 is 1.04 bits per heavy atom. The summed E-state index contributed by atoms with van der Waals surface area (Å²) in [5.41, 5.74) is 2.15. The zero-order chi connectivity index (χ0) is 19.3. The minimum absolute atomic E-state index is 0.180. The van der Waals surface area contributed by atoms with Crippen molar-refractivity contribution in [1.29, 1.82) is 0 Å². The van der Waals surface area contributed by atoms with Crippen LogP contribution in [-0.4, -0.2) is 68.6 Å². The molecule has 0 saturated carbocycles. The van der Waals surface area contributed by atoms with Gasteiger partial charge in [-0.3, -0.25) is 14.9 Å². The standard InChI is InChI=1S/C21H31N5O2/c27-20-5-4-19(21(28)24-20)23-17-2-1-3-18(14-17)26-10-6-16(7-11-26)15-25-12-8-22-9-13-25/h1-3,14,16,19,22-23H,4-13,15H2,(H,24,27,28). The van der Waals surface area contributed by atoms with Gasteiger partial charge in [0.25, 0.3) is 0 Å². The molecule has 2 amide bonds. The molecular formula is C21H31N5O2. The monoisotopic (exact) mass is 385 g/mol. The lowest BCUT2D eigenvalue weighted by Crippen LogP contribution is -2.47.